The Kier molecular flexibility index (Phi) is 6.04. The lowest BCUT2D eigenvalue weighted by Crippen LogP contribution is -2.04. The van der Waals surface area contributed by atoms with Crippen molar-refractivity contribution in [3.63, 3.8) is 0 Å². The quantitative estimate of drug-likeness (QED) is 0.277. The minimum absolute atomic E-state index is 0.0942. The van der Waals surface area contributed by atoms with E-state index in [2.05, 4.69) is 22.5 Å². The van der Waals surface area contributed by atoms with Gasteiger partial charge in [0.1, 0.15) is 5.82 Å². The zero-order valence-corrected chi connectivity index (χ0v) is 17.7. The number of thiocarbonyl (C=S) groups is 1. The fourth-order valence-corrected chi connectivity index (χ4v) is 3.55. The average molecular weight is 433 g/mol. The number of azo groups is 1. The van der Waals surface area contributed by atoms with Crippen molar-refractivity contribution in [2.24, 2.45) is 10.2 Å². The lowest BCUT2D eigenvalue weighted by Gasteiger charge is -2.08. The van der Waals surface area contributed by atoms with Crippen molar-refractivity contribution in [3.05, 3.63) is 89.7 Å². The number of benzene rings is 3. The van der Waals surface area contributed by atoms with Crippen molar-refractivity contribution in [1.29, 1.82) is 0 Å². The third-order valence-electron chi connectivity index (χ3n) is 5.06. The van der Waals surface area contributed by atoms with Gasteiger partial charge in [-0.1, -0.05) is 55.5 Å². The molecule has 7 heteroatoms. The Labute approximate surface area is 184 Å². The maximum Gasteiger partial charge on any atom is 0.221 e. The van der Waals surface area contributed by atoms with Crippen molar-refractivity contribution < 1.29 is 9.50 Å². The highest BCUT2D eigenvalue weighted by atomic mass is 32.1. The fraction of sp³-hybridized carbons (Fsp3) is 0.125. The molecule has 156 valence electrons. The number of nitrogens with one attached hydrogen (secondary N) is 1. The second kappa shape index (κ2) is 9.06. The van der Waals surface area contributed by atoms with E-state index in [1.54, 1.807) is 22.8 Å². The Hall–Kier alpha value is -3.58. The normalized spacial score (nSPS) is 11.3. The molecule has 31 heavy (non-hydrogen) atoms. The highest BCUT2D eigenvalue weighted by Crippen LogP contribution is 2.39. The number of aromatic nitrogens is 1. The van der Waals surface area contributed by atoms with Gasteiger partial charge in [-0.15, -0.1) is 10.2 Å². The molecule has 4 rings (SSSR count). The predicted octanol–water partition coefficient (Wildman–Crippen LogP) is 6.58. The second-order valence-corrected chi connectivity index (χ2v) is 7.43. The zero-order valence-electron chi connectivity index (χ0n) is 16.9. The number of para-hydroxylation sites is 1. The van der Waals surface area contributed by atoms with E-state index < -0.39 is 0 Å². The number of fused-ring (bicyclic) bond motifs is 1. The largest absolute Gasteiger partial charge is 0.493 e. The van der Waals surface area contributed by atoms with E-state index in [1.165, 1.54) is 11.6 Å². The fourth-order valence-electron chi connectivity index (χ4n) is 3.39. The maximum atomic E-state index is 14.2. The van der Waals surface area contributed by atoms with Crippen LogP contribution in [0, 0.1) is 5.82 Å². The Morgan fingerprint density at radius 3 is 2.48 bits per heavy atom. The first kappa shape index (κ1) is 20.7. The lowest BCUT2D eigenvalue weighted by molar-refractivity contribution is 0.428. The van der Waals surface area contributed by atoms with Gasteiger partial charge in [0.15, 0.2) is 5.69 Å². The monoisotopic (exact) mass is 432 g/mol. The Morgan fingerprint density at radius 2 is 1.74 bits per heavy atom. The Morgan fingerprint density at radius 1 is 1.03 bits per heavy atom. The first-order valence-corrected chi connectivity index (χ1v) is 10.3. The molecule has 0 bridgehead atoms. The third-order valence-corrected chi connectivity index (χ3v) is 5.24. The summed E-state index contributed by atoms with van der Waals surface area (Å²) in [6.45, 7) is 2.26. The van der Waals surface area contributed by atoms with Crippen LogP contribution in [0.2, 0.25) is 0 Å². The van der Waals surface area contributed by atoms with E-state index in [4.69, 9.17) is 12.2 Å². The molecule has 0 radical (unpaired) electrons. The molecular formula is C24H21FN4OS. The highest BCUT2D eigenvalue weighted by Gasteiger charge is 2.17. The number of hydrogen-bond donors (Lipinski definition) is 2. The summed E-state index contributed by atoms with van der Waals surface area (Å²) in [5.41, 5.74) is 3.52. The van der Waals surface area contributed by atoms with Gasteiger partial charge >= 0.3 is 0 Å². The van der Waals surface area contributed by atoms with Crippen LogP contribution < -0.4 is 5.32 Å². The number of aromatic hydroxyl groups is 1. The van der Waals surface area contributed by atoms with E-state index >= 15 is 0 Å². The minimum Gasteiger partial charge on any atom is -0.493 e. The van der Waals surface area contributed by atoms with E-state index in [-0.39, 0.29) is 29.0 Å². The van der Waals surface area contributed by atoms with Crippen molar-refractivity contribution in [1.82, 2.24) is 4.57 Å². The SMILES string of the molecule is CCc1ccc(NC(=S)N=Nc2c(O)n(Cc3ccccc3F)c3ccccc23)cc1. The van der Waals surface area contributed by atoms with E-state index in [0.29, 0.717) is 10.9 Å². The molecular weight excluding hydrogens is 411 g/mol. The van der Waals surface area contributed by atoms with Crippen LogP contribution in [0.15, 0.2) is 83.0 Å². The van der Waals surface area contributed by atoms with Crippen molar-refractivity contribution in [2.75, 3.05) is 5.32 Å². The number of halogens is 1. The summed E-state index contributed by atoms with van der Waals surface area (Å²) in [6, 6.07) is 21.8. The molecule has 1 aromatic heterocycles. The van der Waals surface area contributed by atoms with E-state index in [1.807, 2.05) is 48.5 Å². The van der Waals surface area contributed by atoms with Gasteiger partial charge in [0.25, 0.3) is 0 Å². The molecule has 0 unspecified atom stereocenters. The number of anilines is 1. The first-order chi connectivity index (χ1) is 15.1. The number of rotatable bonds is 5. The van der Waals surface area contributed by atoms with Crippen LogP contribution in [0.1, 0.15) is 18.1 Å². The van der Waals surface area contributed by atoms with Gasteiger partial charge in [0.05, 0.1) is 12.1 Å². The third kappa shape index (κ3) is 4.46. The van der Waals surface area contributed by atoms with Crippen LogP contribution in [0.25, 0.3) is 10.9 Å². The van der Waals surface area contributed by atoms with Gasteiger partial charge in [0.2, 0.25) is 11.0 Å². The smallest absolute Gasteiger partial charge is 0.221 e. The summed E-state index contributed by atoms with van der Waals surface area (Å²) in [5, 5.41) is 23.0. The molecule has 0 aliphatic carbocycles. The number of hydrogen-bond acceptors (Lipinski definition) is 3. The van der Waals surface area contributed by atoms with Crippen LogP contribution in [-0.2, 0) is 13.0 Å². The average Bonchev–Trinajstić information content (AvgIpc) is 3.05. The number of nitrogens with zero attached hydrogens (tertiary/aromatic N) is 3. The lowest BCUT2D eigenvalue weighted by atomic mass is 10.1. The molecule has 0 saturated carbocycles. The van der Waals surface area contributed by atoms with Crippen molar-refractivity contribution in [3.8, 4) is 5.88 Å². The molecule has 0 atom stereocenters. The molecule has 3 aromatic carbocycles. The summed E-state index contributed by atoms with van der Waals surface area (Å²) in [6.07, 6.45) is 0.959. The van der Waals surface area contributed by atoms with Crippen molar-refractivity contribution in [2.45, 2.75) is 19.9 Å². The Bertz CT molecular complexity index is 1260. The molecule has 0 aliphatic heterocycles. The molecule has 1 heterocycles. The maximum absolute atomic E-state index is 14.2. The molecule has 5 nitrogen and oxygen atoms in total. The standard InChI is InChI=1S/C24H21FN4OS/c1-2-16-11-13-18(14-12-16)26-24(31)28-27-22-19-8-4-6-10-21(19)29(23(22)30)15-17-7-3-5-9-20(17)25/h3-14,30H,2,15H2,1H3,(H,26,31). The molecule has 0 aliphatic rings. The van der Waals surface area contributed by atoms with Crippen molar-refractivity contribution >= 4 is 39.6 Å². The summed E-state index contributed by atoms with van der Waals surface area (Å²) in [7, 11) is 0. The van der Waals surface area contributed by atoms with Crippen LogP contribution in [0.3, 0.4) is 0 Å². The molecule has 0 fully saturated rings. The molecule has 0 saturated heterocycles. The number of aryl methyl sites for hydroxylation is 1. The molecule has 0 amide bonds. The molecule has 2 N–H and O–H groups in total. The van der Waals surface area contributed by atoms with Gasteiger partial charge in [-0.2, -0.15) is 0 Å². The highest BCUT2D eigenvalue weighted by molar-refractivity contribution is 7.80. The van der Waals surface area contributed by atoms with Gasteiger partial charge in [-0.3, -0.25) is 0 Å². The van der Waals surface area contributed by atoms with Crippen LogP contribution in [-0.4, -0.2) is 14.8 Å². The van der Waals surface area contributed by atoms with Gasteiger partial charge in [-0.25, -0.2) is 4.39 Å². The van der Waals surface area contributed by atoms with Gasteiger partial charge < -0.3 is 15.0 Å². The minimum atomic E-state index is -0.331. The Balaban J connectivity index is 1.62. The zero-order chi connectivity index (χ0) is 21.8. The topological polar surface area (TPSA) is 61.9 Å². The summed E-state index contributed by atoms with van der Waals surface area (Å²) in [4.78, 5) is 0. The van der Waals surface area contributed by atoms with E-state index in [9.17, 15) is 9.50 Å². The molecule has 0 spiro atoms. The van der Waals surface area contributed by atoms with Crippen LogP contribution in [0.5, 0.6) is 5.88 Å². The van der Waals surface area contributed by atoms with Gasteiger partial charge in [-0.05, 0) is 48.5 Å². The summed E-state index contributed by atoms with van der Waals surface area (Å²) >= 11 is 5.28. The predicted molar refractivity (Wildman–Crippen MR) is 126 cm³/mol. The second-order valence-electron chi connectivity index (χ2n) is 7.05. The van der Waals surface area contributed by atoms with Gasteiger partial charge in [0, 0.05) is 16.6 Å². The first-order valence-electron chi connectivity index (χ1n) is 9.92. The van der Waals surface area contributed by atoms with Crippen LogP contribution >= 0.6 is 12.2 Å². The molecule has 4 aromatic rings. The summed E-state index contributed by atoms with van der Waals surface area (Å²) in [5.74, 6) is -0.425. The summed E-state index contributed by atoms with van der Waals surface area (Å²) < 4.78 is 15.8. The van der Waals surface area contributed by atoms with E-state index in [0.717, 1.165) is 17.6 Å². The van der Waals surface area contributed by atoms with Crippen LogP contribution in [0.4, 0.5) is 15.8 Å².